The minimum Gasteiger partial charge on any atom is -0.497 e. The lowest BCUT2D eigenvalue weighted by Gasteiger charge is -2.54. The highest BCUT2D eigenvalue weighted by molar-refractivity contribution is 5.73. The van der Waals surface area contributed by atoms with Gasteiger partial charge >= 0.3 is 11.6 Å². The third-order valence-electron chi connectivity index (χ3n) is 13.7. The fourth-order valence-corrected chi connectivity index (χ4v) is 10.5. The lowest BCUT2D eigenvalue weighted by atomic mass is 9.70. The maximum atomic E-state index is 13.2. The van der Waals surface area contributed by atoms with Gasteiger partial charge in [-0.05, 0) is 66.2 Å². The quantitative estimate of drug-likeness (QED) is 0.128. The Bertz CT molecular complexity index is 2900. The average Bonchev–Trinajstić information content (AvgIpc) is 3.35. The zero-order valence-corrected chi connectivity index (χ0v) is 37.6. The van der Waals surface area contributed by atoms with Gasteiger partial charge in [-0.3, -0.25) is 0 Å². The van der Waals surface area contributed by atoms with Crippen LogP contribution in [-0.4, -0.2) is 83.4 Å². The van der Waals surface area contributed by atoms with E-state index >= 15 is 0 Å². The SMILES string of the molecule is COc1ccc([C@@H]2Oc3c(c(OC)cc4c3[C@@H]3c5c(OC)cc6c(c5O[C@](c5ccc(OC)cc5)(O4)[C@H]3O)[C@@H]3c4c(OC)cc(OC)cc4O[C@](c4ccc(OC)cc4)(O6)[C@H]3O)C[C@H]2O)cc1. The van der Waals surface area contributed by atoms with Gasteiger partial charge < -0.3 is 72.2 Å². The summed E-state index contributed by atoms with van der Waals surface area (Å²) in [5, 5.41) is 38.0. The van der Waals surface area contributed by atoms with Crippen LogP contribution in [0.25, 0.3) is 0 Å². The van der Waals surface area contributed by atoms with Gasteiger partial charge in [0, 0.05) is 69.6 Å². The number of benzene rings is 6. The highest BCUT2D eigenvalue weighted by Gasteiger charge is 2.64. The largest absolute Gasteiger partial charge is 0.497 e. The highest BCUT2D eigenvalue weighted by atomic mass is 16.7. The van der Waals surface area contributed by atoms with Crippen molar-refractivity contribution in [3.8, 4) is 69.0 Å². The molecule has 15 heteroatoms. The molecule has 0 aliphatic carbocycles. The van der Waals surface area contributed by atoms with Crippen molar-refractivity contribution in [3.63, 3.8) is 0 Å². The molecule has 0 aromatic heterocycles. The third kappa shape index (κ3) is 6.07. The first-order valence-electron chi connectivity index (χ1n) is 21.7. The summed E-state index contributed by atoms with van der Waals surface area (Å²) in [7, 11) is 10.9. The van der Waals surface area contributed by atoms with Crippen molar-refractivity contribution in [2.75, 3.05) is 49.8 Å². The van der Waals surface area contributed by atoms with Crippen LogP contribution in [0.15, 0.2) is 97.1 Å². The normalized spacial score (nSPS) is 25.5. The number of rotatable bonds is 10. The first kappa shape index (κ1) is 42.4. The maximum Gasteiger partial charge on any atom is 0.305 e. The molecule has 0 spiro atoms. The summed E-state index contributed by atoms with van der Waals surface area (Å²) in [6, 6.07) is 28.3. The molecule has 67 heavy (non-hydrogen) atoms. The fourth-order valence-electron chi connectivity index (χ4n) is 10.5. The van der Waals surface area contributed by atoms with Gasteiger partial charge in [-0.15, -0.1) is 0 Å². The van der Waals surface area contributed by atoms with Crippen LogP contribution in [0.3, 0.4) is 0 Å². The minimum absolute atomic E-state index is 0.148. The first-order chi connectivity index (χ1) is 32.5. The van der Waals surface area contributed by atoms with Gasteiger partial charge in [0.2, 0.25) is 0 Å². The Morgan fingerprint density at radius 3 is 1.42 bits per heavy atom. The van der Waals surface area contributed by atoms with Crippen molar-refractivity contribution < 1.29 is 72.2 Å². The monoisotopic (exact) mass is 912 g/mol. The van der Waals surface area contributed by atoms with Crippen molar-refractivity contribution in [2.45, 2.75) is 54.2 Å². The number of methoxy groups -OCH3 is 7. The van der Waals surface area contributed by atoms with E-state index in [1.807, 2.05) is 12.1 Å². The molecule has 5 heterocycles. The Hall–Kier alpha value is -7.20. The van der Waals surface area contributed by atoms with E-state index in [1.165, 1.54) is 21.3 Å². The Morgan fingerprint density at radius 1 is 0.448 bits per heavy atom. The molecule has 4 bridgehead atoms. The lowest BCUT2D eigenvalue weighted by Crippen LogP contribution is -2.60. The molecule has 346 valence electrons. The lowest BCUT2D eigenvalue weighted by molar-refractivity contribution is -0.227. The summed E-state index contributed by atoms with van der Waals surface area (Å²) in [6.07, 6.45) is -4.56. The van der Waals surface area contributed by atoms with E-state index in [4.69, 9.17) is 56.8 Å². The number of hydrogen-bond donors (Lipinski definition) is 3. The van der Waals surface area contributed by atoms with E-state index < -0.39 is 47.8 Å². The molecule has 8 atom stereocenters. The predicted molar refractivity (Wildman–Crippen MR) is 239 cm³/mol. The Balaban J connectivity index is 1.20. The summed E-state index contributed by atoms with van der Waals surface area (Å²) in [6.45, 7) is 0. The molecule has 11 rings (SSSR count). The molecule has 6 aromatic carbocycles. The predicted octanol–water partition coefficient (Wildman–Crippen LogP) is 7.05. The van der Waals surface area contributed by atoms with Crippen LogP contribution < -0.4 is 56.8 Å². The van der Waals surface area contributed by atoms with Crippen LogP contribution in [0.1, 0.15) is 62.4 Å². The van der Waals surface area contributed by atoms with Crippen LogP contribution in [0.5, 0.6) is 69.0 Å². The highest BCUT2D eigenvalue weighted by Crippen LogP contribution is 2.67. The van der Waals surface area contributed by atoms with Crippen LogP contribution in [0.4, 0.5) is 0 Å². The molecule has 6 aromatic rings. The Labute approximate surface area is 385 Å². The van der Waals surface area contributed by atoms with Crippen molar-refractivity contribution >= 4 is 0 Å². The number of hydrogen-bond acceptors (Lipinski definition) is 15. The second-order valence-electron chi connectivity index (χ2n) is 16.9. The molecule has 3 N–H and O–H groups in total. The molecular weight excluding hydrogens is 865 g/mol. The summed E-state index contributed by atoms with van der Waals surface area (Å²) < 4.78 is 75.7. The van der Waals surface area contributed by atoms with Gasteiger partial charge in [-0.2, -0.15) is 0 Å². The molecule has 0 radical (unpaired) electrons. The molecule has 0 fully saturated rings. The van der Waals surface area contributed by atoms with E-state index in [-0.39, 0.29) is 17.9 Å². The number of fused-ring (bicyclic) bond motifs is 15. The zero-order valence-electron chi connectivity index (χ0n) is 37.6. The second-order valence-corrected chi connectivity index (χ2v) is 16.9. The molecular formula is C52H48O15. The smallest absolute Gasteiger partial charge is 0.305 e. The van der Waals surface area contributed by atoms with Crippen molar-refractivity contribution in [2.24, 2.45) is 0 Å². The zero-order chi connectivity index (χ0) is 46.5. The van der Waals surface area contributed by atoms with Crippen molar-refractivity contribution in [3.05, 3.63) is 142 Å². The van der Waals surface area contributed by atoms with Crippen LogP contribution in [0.2, 0.25) is 0 Å². The van der Waals surface area contributed by atoms with Crippen LogP contribution >= 0.6 is 0 Å². The molecule has 5 aliphatic heterocycles. The number of aliphatic hydroxyl groups excluding tert-OH is 3. The van der Waals surface area contributed by atoms with E-state index in [9.17, 15) is 15.3 Å². The van der Waals surface area contributed by atoms with Crippen LogP contribution in [0, 0.1) is 0 Å². The van der Waals surface area contributed by atoms with E-state index in [1.54, 1.807) is 113 Å². The van der Waals surface area contributed by atoms with E-state index in [2.05, 4.69) is 0 Å². The van der Waals surface area contributed by atoms with Crippen LogP contribution in [-0.2, 0) is 18.0 Å². The minimum atomic E-state index is -1.95. The first-order valence-corrected chi connectivity index (χ1v) is 21.7. The summed E-state index contributed by atoms with van der Waals surface area (Å²) >= 11 is 0. The Kier molecular flexibility index (Phi) is 9.95. The molecule has 15 nitrogen and oxygen atoms in total. The van der Waals surface area contributed by atoms with Gasteiger partial charge in [-0.1, -0.05) is 12.1 Å². The second kappa shape index (κ2) is 15.7. The third-order valence-corrected chi connectivity index (χ3v) is 13.7. The molecule has 5 aliphatic rings. The fraction of sp³-hybridized carbons (Fsp3) is 0.308. The molecule has 0 unspecified atom stereocenters. The van der Waals surface area contributed by atoms with Gasteiger partial charge in [0.1, 0.15) is 87.3 Å². The maximum absolute atomic E-state index is 13.2. The van der Waals surface area contributed by atoms with Gasteiger partial charge in [0.15, 0.2) is 0 Å². The van der Waals surface area contributed by atoms with Crippen molar-refractivity contribution in [1.29, 1.82) is 0 Å². The molecule has 0 saturated heterocycles. The topological polar surface area (TPSA) is 171 Å². The summed E-state index contributed by atoms with van der Waals surface area (Å²) in [4.78, 5) is 0. The standard InChI is InChI=1S/C52H48O15/c1-56-28-14-8-25(9-15-28)46-33(53)22-32-34(60-5)23-38-42(47(32)63-46)45-41-36(62-7)24-39-43(48(41)67-52(66-38,50(45)55)27-12-18-30(58-3)19-13-27)44-40-35(61-6)20-31(59-4)21-37(40)64-51(65-39,49(44)54)26-10-16-29(57-2)17-11-26/h8-21,23-24,33,44-46,49-50,53-55H,22H2,1-7H3/t33-,44+,45+,46+,49+,50+,51-,52+/m1/s1. The Morgan fingerprint density at radius 2 is 0.896 bits per heavy atom. The van der Waals surface area contributed by atoms with E-state index in [0.29, 0.717) is 102 Å². The van der Waals surface area contributed by atoms with Gasteiger partial charge in [0.25, 0.3) is 0 Å². The molecule has 0 amide bonds. The number of ether oxygens (including phenoxy) is 12. The summed E-state index contributed by atoms with van der Waals surface area (Å²) in [5.74, 6) is -0.928. The van der Waals surface area contributed by atoms with Gasteiger partial charge in [-0.25, -0.2) is 0 Å². The molecule has 0 saturated carbocycles. The number of aliphatic hydroxyl groups is 3. The van der Waals surface area contributed by atoms with Crippen molar-refractivity contribution in [1.82, 2.24) is 0 Å². The van der Waals surface area contributed by atoms with E-state index in [0.717, 1.165) is 0 Å². The van der Waals surface area contributed by atoms with Gasteiger partial charge in [0.05, 0.1) is 67.7 Å². The summed E-state index contributed by atoms with van der Waals surface area (Å²) in [5.41, 5.74) is 4.04. The average molecular weight is 913 g/mol.